The lowest BCUT2D eigenvalue weighted by Crippen LogP contribution is -2.12. The highest BCUT2D eigenvalue weighted by Crippen LogP contribution is 2.33. The van der Waals surface area contributed by atoms with Gasteiger partial charge in [-0.15, -0.1) is 0 Å². The van der Waals surface area contributed by atoms with Gasteiger partial charge in [-0.25, -0.2) is 9.67 Å². The molecule has 2 fully saturated rings. The summed E-state index contributed by atoms with van der Waals surface area (Å²) in [5, 5.41) is 13.8. The zero-order valence-electron chi connectivity index (χ0n) is 10.7. The quantitative estimate of drug-likeness (QED) is 0.879. The highest BCUT2D eigenvalue weighted by Gasteiger charge is 2.27. The van der Waals surface area contributed by atoms with Gasteiger partial charge >= 0.3 is 0 Å². The van der Waals surface area contributed by atoms with Crippen molar-refractivity contribution in [2.24, 2.45) is 0 Å². The molecule has 100 valence electrons. The molecular weight excluding hydrogens is 230 g/mol. The first kappa shape index (κ1) is 12.1. The van der Waals surface area contributed by atoms with Crippen LogP contribution in [0.25, 0.3) is 0 Å². The third-order valence-corrected chi connectivity index (χ3v) is 4.04. The maximum Gasteiger partial charge on any atom is 0.154 e. The smallest absolute Gasteiger partial charge is 0.154 e. The fourth-order valence-electron chi connectivity index (χ4n) is 3.03. The van der Waals surface area contributed by atoms with Crippen LogP contribution in [0.1, 0.15) is 55.6 Å². The standard InChI is InChI=1S/C13H21N3O2/c17-7-6-16-13(11-5-8-18-9-11)14-12(15-16)10-3-1-2-4-10/h10-11,17H,1-9H2/t11-/m0/s1. The van der Waals surface area contributed by atoms with Crippen molar-refractivity contribution in [2.45, 2.75) is 50.5 Å². The van der Waals surface area contributed by atoms with Crippen LogP contribution in [0, 0.1) is 0 Å². The predicted octanol–water partition coefficient (Wildman–Crippen LogP) is 1.43. The molecule has 0 amide bonds. The first-order valence-electron chi connectivity index (χ1n) is 7.01. The highest BCUT2D eigenvalue weighted by atomic mass is 16.5. The van der Waals surface area contributed by atoms with Gasteiger partial charge in [0, 0.05) is 18.4 Å². The van der Waals surface area contributed by atoms with Crippen LogP contribution in [-0.2, 0) is 11.3 Å². The van der Waals surface area contributed by atoms with E-state index in [1.165, 1.54) is 25.7 Å². The van der Waals surface area contributed by atoms with E-state index >= 15 is 0 Å². The molecule has 0 bridgehead atoms. The van der Waals surface area contributed by atoms with Crippen molar-refractivity contribution in [1.29, 1.82) is 0 Å². The summed E-state index contributed by atoms with van der Waals surface area (Å²) in [6.45, 7) is 2.23. The van der Waals surface area contributed by atoms with Crippen LogP contribution >= 0.6 is 0 Å². The van der Waals surface area contributed by atoms with Crippen molar-refractivity contribution in [3.05, 3.63) is 11.6 Å². The van der Waals surface area contributed by atoms with Crippen molar-refractivity contribution in [3.8, 4) is 0 Å². The van der Waals surface area contributed by atoms with Crippen molar-refractivity contribution >= 4 is 0 Å². The SMILES string of the molecule is OCCn1nc(C2CCCC2)nc1[C@H]1CCOC1. The summed E-state index contributed by atoms with van der Waals surface area (Å²) in [5.41, 5.74) is 0. The van der Waals surface area contributed by atoms with Crippen LogP contribution in [0.3, 0.4) is 0 Å². The Morgan fingerprint density at radius 2 is 2.06 bits per heavy atom. The van der Waals surface area contributed by atoms with Crippen LogP contribution in [0.4, 0.5) is 0 Å². The normalized spacial score (nSPS) is 25.1. The Morgan fingerprint density at radius 3 is 2.72 bits per heavy atom. The summed E-state index contributed by atoms with van der Waals surface area (Å²) in [7, 11) is 0. The van der Waals surface area contributed by atoms with Crippen molar-refractivity contribution < 1.29 is 9.84 Å². The highest BCUT2D eigenvalue weighted by molar-refractivity contribution is 5.06. The zero-order chi connectivity index (χ0) is 12.4. The molecule has 0 aromatic carbocycles. The van der Waals surface area contributed by atoms with Gasteiger partial charge in [0.05, 0.1) is 19.8 Å². The molecule has 1 aliphatic heterocycles. The number of ether oxygens (including phenoxy) is 1. The van der Waals surface area contributed by atoms with E-state index in [9.17, 15) is 0 Å². The summed E-state index contributed by atoms with van der Waals surface area (Å²) in [4.78, 5) is 4.75. The van der Waals surface area contributed by atoms with Gasteiger partial charge in [0.1, 0.15) is 5.82 Å². The molecule has 1 saturated carbocycles. The molecule has 1 aliphatic carbocycles. The molecule has 2 aliphatic rings. The van der Waals surface area contributed by atoms with E-state index in [2.05, 4.69) is 5.10 Å². The molecule has 1 atom stereocenters. The summed E-state index contributed by atoms with van der Waals surface area (Å²) in [5.74, 6) is 2.90. The summed E-state index contributed by atoms with van der Waals surface area (Å²) in [6.07, 6.45) is 6.03. The molecule has 0 unspecified atom stereocenters. The van der Waals surface area contributed by atoms with Gasteiger partial charge in [0.15, 0.2) is 5.82 Å². The van der Waals surface area contributed by atoms with Gasteiger partial charge in [0.2, 0.25) is 0 Å². The number of hydrogen-bond donors (Lipinski definition) is 1. The minimum absolute atomic E-state index is 0.119. The van der Waals surface area contributed by atoms with E-state index in [1.807, 2.05) is 4.68 Å². The third-order valence-electron chi connectivity index (χ3n) is 4.04. The lowest BCUT2D eigenvalue weighted by atomic mass is 10.1. The minimum Gasteiger partial charge on any atom is -0.394 e. The number of aliphatic hydroxyl groups excluding tert-OH is 1. The van der Waals surface area contributed by atoms with Gasteiger partial charge in [-0.05, 0) is 19.3 Å². The monoisotopic (exact) mass is 251 g/mol. The van der Waals surface area contributed by atoms with Gasteiger partial charge in [-0.3, -0.25) is 0 Å². The Balaban J connectivity index is 1.84. The minimum atomic E-state index is 0.119. The fourth-order valence-corrected chi connectivity index (χ4v) is 3.03. The molecule has 18 heavy (non-hydrogen) atoms. The van der Waals surface area contributed by atoms with Crippen LogP contribution in [0.2, 0.25) is 0 Å². The molecule has 5 heteroatoms. The lowest BCUT2D eigenvalue weighted by Gasteiger charge is -2.07. The maximum absolute atomic E-state index is 9.14. The Hall–Kier alpha value is -0.940. The summed E-state index contributed by atoms with van der Waals surface area (Å²) < 4.78 is 7.33. The van der Waals surface area contributed by atoms with Gasteiger partial charge in [-0.2, -0.15) is 5.10 Å². The van der Waals surface area contributed by atoms with Gasteiger partial charge < -0.3 is 9.84 Å². The summed E-state index contributed by atoms with van der Waals surface area (Å²) in [6, 6.07) is 0. The number of aromatic nitrogens is 3. The first-order valence-corrected chi connectivity index (χ1v) is 7.01. The van der Waals surface area contributed by atoms with Crippen molar-refractivity contribution in [1.82, 2.24) is 14.8 Å². The van der Waals surface area contributed by atoms with E-state index in [1.54, 1.807) is 0 Å². The second-order valence-electron chi connectivity index (χ2n) is 5.32. The number of rotatable bonds is 4. The Labute approximate surface area is 107 Å². The molecule has 5 nitrogen and oxygen atoms in total. The van der Waals surface area contributed by atoms with Gasteiger partial charge in [0.25, 0.3) is 0 Å². The fraction of sp³-hybridized carbons (Fsp3) is 0.846. The van der Waals surface area contributed by atoms with E-state index < -0.39 is 0 Å². The van der Waals surface area contributed by atoms with E-state index in [4.69, 9.17) is 14.8 Å². The molecular formula is C13H21N3O2. The Kier molecular flexibility index (Phi) is 3.61. The molecule has 0 spiro atoms. The average Bonchev–Trinajstić information content (AvgIpc) is 3.11. The number of nitrogens with zero attached hydrogens (tertiary/aromatic N) is 3. The number of aliphatic hydroxyl groups is 1. The Bertz CT molecular complexity index is 393. The van der Waals surface area contributed by atoms with Crippen LogP contribution in [0.15, 0.2) is 0 Å². The molecule has 1 saturated heterocycles. The molecule has 2 heterocycles. The topological polar surface area (TPSA) is 60.2 Å². The average molecular weight is 251 g/mol. The lowest BCUT2D eigenvalue weighted by molar-refractivity contribution is 0.192. The first-order chi connectivity index (χ1) is 8.88. The molecule has 3 rings (SSSR count). The van der Waals surface area contributed by atoms with Crippen LogP contribution in [0.5, 0.6) is 0 Å². The molecule has 0 radical (unpaired) electrons. The molecule has 1 aromatic heterocycles. The summed E-state index contributed by atoms with van der Waals surface area (Å²) >= 11 is 0. The second kappa shape index (κ2) is 5.36. The van der Waals surface area contributed by atoms with Crippen molar-refractivity contribution in [2.75, 3.05) is 19.8 Å². The largest absolute Gasteiger partial charge is 0.394 e. The maximum atomic E-state index is 9.14. The Morgan fingerprint density at radius 1 is 1.22 bits per heavy atom. The zero-order valence-corrected chi connectivity index (χ0v) is 10.7. The molecule has 1 aromatic rings. The third kappa shape index (κ3) is 2.29. The molecule has 1 N–H and O–H groups in total. The van der Waals surface area contributed by atoms with Crippen LogP contribution in [-0.4, -0.2) is 39.7 Å². The van der Waals surface area contributed by atoms with Crippen molar-refractivity contribution in [3.63, 3.8) is 0 Å². The van der Waals surface area contributed by atoms with Gasteiger partial charge in [-0.1, -0.05) is 12.8 Å². The van der Waals surface area contributed by atoms with E-state index in [-0.39, 0.29) is 6.61 Å². The van der Waals surface area contributed by atoms with E-state index in [0.29, 0.717) is 18.4 Å². The van der Waals surface area contributed by atoms with Crippen LogP contribution < -0.4 is 0 Å². The predicted molar refractivity (Wildman–Crippen MR) is 66.5 cm³/mol. The second-order valence-corrected chi connectivity index (χ2v) is 5.32. The van der Waals surface area contributed by atoms with E-state index in [0.717, 1.165) is 31.3 Å². The number of hydrogen-bond acceptors (Lipinski definition) is 4.